The van der Waals surface area contributed by atoms with Gasteiger partial charge in [-0.1, -0.05) is 121 Å². The largest absolute Gasteiger partial charge is 0.494 e. The first-order valence-corrected chi connectivity index (χ1v) is 52.5. The number of aliphatic carboxylic acids is 1. The highest BCUT2D eigenvalue weighted by Gasteiger charge is 2.52. The van der Waals surface area contributed by atoms with Crippen molar-refractivity contribution < 1.29 is 100 Å². The molecule has 4 aliphatic rings. The van der Waals surface area contributed by atoms with E-state index in [4.69, 9.17) is 56.7 Å². The Labute approximate surface area is 856 Å². The first kappa shape index (κ1) is 108. The molecule has 0 bridgehead atoms. The van der Waals surface area contributed by atoms with Gasteiger partial charge in [-0.05, 0) is 310 Å². The Morgan fingerprint density at radius 3 is 1.16 bits per heavy atom. The summed E-state index contributed by atoms with van der Waals surface area (Å²) >= 11 is 13.2. The Hall–Kier alpha value is -10.6. The maximum atomic E-state index is 12.8. The highest BCUT2D eigenvalue weighted by Crippen LogP contribution is 2.50. The van der Waals surface area contributed by atoms with Crippen LogP contribution in [-0.4, -0.2) is 135 Å². The third kappa shape index (κ3) is 26.9. The van der Waals surface area contributed by atoms with Crippen molar-refractivity contribution >= 4 is 193 Å². The summed E-state index contributed by atoms with van der Waals surface area (Å²) < 4.78 is 80.3. The number of carbonyl (C=O) groups is 6. The van der Waals surface area contributed by atoms with E-state index in [9.17, 15) is 39.0 Å². The number of carboxylic acids is 1. The predicted octanol–water partition coefficient (Wildman–Crippen LogP) is 27.5. The number of carboxylic acid groups (broad SMARTS) is 1. The molecular weight excluding hydrogens is 1960 g/mol. The fourth-order valence-corrected chi connectivity index (χ4v) is 23.5. The molecule has 1 saturated heterocycles. The zero-order chi connectivity index (χ0) is 102. The first-order chi connectivity index (χ1) is 67.0. The van der Waals surface area contributed by atoms with E-state index in [1.165, 1.54) is 61.2 Å². The Morgan fingerprint density at radius 1 is 0.397 bits per heavy atom. The van der Waals surface area contributed by atoms with Gasteiger partial charge in [-0.15, -0.1) is 68.0 Å². The number of esters is 4. The van der Waals surface area contributed by atoms with Crippen LogP contribution in [-0.2, 0) is 90.4 Å². The minimum atomic E-state index is -1.19. The molecule has 5 atom stereocenters. The van der Waals surface area contributed by atoms with Crippen LogP contribution in [0.1, 0.15) is 215 Å². The minimum Gasteiger partial charge on any atom is -0.493 e. The summed E-state index contributed by atoms with van der Waals surface area (Å²) in [6.07, 6.45) is 2.64. The van der Waals surface area contributed by atoms with Gasteiger partial charge in [0, 0.05) is 87.5 Å². The second kappa shape index (κ2) is 46.9. The number of benzene rings is 9. The summed E-state index contributed by atoms with van der Waals surface area (Å²) in [7, 11) is 5.16. The van der Waals surface area contributed by atoms with Gasteiger partial charge in [-0.2, -0.15) is 0 Å². The Bertz CT molecular complexity index is 6890. The fourth-order valence-electron chi connectivity index (χ4n) is 16.3. The van der Waals surface area contributed by atoms with Crippen molar-refractivity contribution in [1.82, 2.24) is 0 Å². The number of ether oxygens (including phenoxy) is 11. The summed E-state index contributed by atoms with van der Waals surface area (Å²) in [5.74, 6) is 0.163. The number of aliphatic hydroxyl groups excluding tert-OH is 1. The molecule has 1 fully saturated rings. The zero-order valence-electron chi connectivity index (χ0n) is 83.2. The zero-order valence-corrected chi connectivity index (χ0v) is 89.7. The summed E-state index contributed by atoms with van der Waals surface area (Å²) in [5, 5.41) is 31.3. The topological polar surface area (TPSA) is 263 Å². The van der Waals surface area contributed by atoms with Gasteiger partial charge in [0.1, 0.15) is 17.2 Å². The predicted molar refractivity (Wildman–Crippen MR) is 573 cm³/mol. The fraction of sp³-hybridized carbons (Fsp3) is 0.357. The highest BCUT2D eigenvalue weighted by atomic mass is 79.9. The number of methoxy groups -OCH3 is 4. The Morgan fingerprint density at radius 2 is 0.730 bits per heavy atom. The molecule has 19 rings (SSSR count). The molecule has 0 aliphatic carbocycles. The van der Waals surface area contributed by atoms with Gasteiger partial charge >= 0.3 is 37.0 Å². The monoisotopic (exact) mass is 2080 g/mol. The summed E-state index contributed by atoms with van der Waals surface area (Å²) in [6, 6.07) is 66.3. The van der Waals surface area contributed by atoms with Crippen LogP contribution in [0.15, 0.2) is 220 Å². The number of aldehydes is 1. The summed E-state index contributed by atoms with van der Waals surface area (Å²) in [5.41, 5.74) is 9.07. The van der Waals surface area contributed by atoms with Crippen molar-refractivity contribution in [2.24, 2.45) is 0 Å². The van der Waals surface area contributed by atoms with Crippen molar-refractivity contribution in [2.45, 2.75) is 213 Å². The van der Waals surface area contributed by atoms with E-state index in [1.54, 1.807) is 62.1 Å². The molecule has 6 aromatic heterocycles. The quantitative estimate of drug-likeness (QED) is 0.0350. The lowest BCUT2D eigenvalue weighted by Gasteiger charge is -2.32. The molecule has 0 radical (unpaired) electrons. The van der Waals surface area contributed by atoms with Gasteiger partial charge in [-0.25, -0.2) is 24.0 Å². The van der Waals surface area contributed by atoms with Crippen LogP contribution in [0.4, 0.5) is 0 Å². The SMILES string of the molecule is CC(C)(C)OC(C(=O)O)c1c(-c2ccc3c(c2)CCCO3)sc2ccccc12.CC1(C)OB(c2ccc3c(c2)CCCO3)OC1(C)C.COC(=O)C(O)c1csc2ccccc12.COC(=O)C(OC(C)(C)C)c1c(-c2ccc3c(c2)CCCO3)sc2ccccc12.COC(=O)C(OC(C)(C)C)c1c(Br)sc2ccccc12.COC(=O)C(OC(C)(C)C)c1csc2ccccc12.O=Cc1csc2ccccc12. The van der Waals surface area contributed by atoms with Gasteiger partial charge in [-0.3, -0.25) is 4.79 Å². The smallest absolute Gasteiger partial charge is 0.493 e. The molecule has 0 amide bonds. The number of aliphatic hydroxyl groups is 1. The van der Waals surface area contributed by atoms with E-state index in [0.717, 1.165) is 196 Å². The van der Waals surface area contributed by atoms with Crippen LogP contribution in [0.25, 0.3) is 81.4 Å². The van der Waals surface area contributed by atoms with Crippen LogP contribution in [0.2, 0.25) is 0 Å². The third-order valence-electron chi connectivity index (χ3n) is 23.5. The van der Waals surface area contributed by atoms with E-state index < -0.39 is 64.9 Å². The lowest BCUT2D eigenvalue weighted by atomic mass is 9.78. The van der Waals surface area contributed by atoms with Crippen LogP contribution in [0.3, 0.4) is 0 Å². The Balaban J connectivity index is 0.000000141. The van der Waals surface area contributed by atoms with Crippen molar-refractivity contribution in [3.05, 3.63) is 270 Å². The van der Waals surface area contributed by atoms with E-state index in [2.05, 4.69) is 78.7 Å². The normalized spacial score (nSPS) is 15.1. The van der Waals surface area contributed by atoms with Crippen molar-refractivity contribution in [1.29, 1.82) is 0 Å². The number of rotatable bonds is 18. The van der Waals surface area contributed by atoms with Crippen molar-refractivity contribution in [3.8, 4) is 38.1 Å². The number of halogens is 1. The lowest BCUT2D eigenvalue weighted by molar-refractivity contribution is -0.164. The average Bonchev–Trinajstić information content (AvgIpc) is 1.61. The number of hydrogen-bond acceptors (Lipinski definition) is 26. The second-order valence-electron chi connectivity index (χ2n) is 38.9. The number of carbonyl (C=O) groups excluding carboxylic acids is 5. The summed E-state index contributed by atoms with van der Waals surface area (Å²) in [6.45, 7) is 33.7. The van der Waals surface area contributed by atoms with Gasteiger partial charge in [0.05, 0.1) is 85.7 Å². The molecule has 15 aromatic rings. The van der Waals surface area contributed by atoms with Gasteiger partial charge in [0.25, 0.3) is 0 Å². The van der Waals surface area contributed by atoms with E-state index in [0.29, 0.717) is 5.56 Å². The van der Waals surface area contributed by atoms with E-state index in [1.807, 2.05) is 264 Å². The number of fused-ring (bicyclic) bond motifs is 9. The van der Waals surface area contributed by atoms with Crippen LogP contribution >= 0.6 is 84.0 Å². The highest BCUT2D eigenvalue weighted by molar-refractivity contribution is 9.11. The number of aryl methyl sites for hydroxylation is 3. The van der Waals surface area contributed by atoms with Gasteiger partial charge in [0.2, 0.25) is 0 Å². The number of thiophene rings is 6. The van der Waals surface area contributed by atoms with Gasteiger partial charge < -0.3 is 71.6 Å². The molecule has 0 saturated carbocycles. The molecule has 9 aromatic carbocycles. The molecule has 5 unspecified atom stereocenters. The van der Waals surface area contributed by atoms with Crippen LogP contribution in [0.5, 0.6) is 17.2 Å². The van der Waals surface area contributed by atoms with E-state index >= 15 is 0 Å². The third-order valence-corrected chi connectivity index (χ3v) is 30.8. The summed E-state index contributed by atoms with van der Waals surface area (Å²) in [4.78, 5) is 72.8. The molecule has 2 N–H and O–H groups in total. The molecule has 10 heterocycles. The molecule has 141 heavy (non-hydrogen) atoms. The molecule has 21 nitrogen and oxygen atoms in total. The standard InChI is InChI=1S/C24H26O4S.C23H24O4S.C15H21BO3.C15H17BrO3S.C15H18O3S.C11H10O3S.C9H6OS/c1-24(2,3)28-21(23(25)26-4)20-17-9-5-6-10-19(17)29-22(20)16-11-12-18-15(14-16)8-7-13-27-18;1-23(2,3)27-20(22(24)25)19-16-8-4-5-9-18(16)28-21(19)15-10-11-17-14(13-15)7-6-12-26-17;1-14(2)15(3,4)19-16(18-14)12-7-8-13-11(10-12)6-5-9-17-13;1-15(2,3)19-12(14(17)18-4)11-9-7-5-6-8-10(9)20-13(11)16;1-15(2,3)18-13(14(16)17-4)11-9-19-12-8-6-5-7-10(11)12;1-14-11(13)10(12)8-6-15-9-5-3-2-4-7(8)9;10-5-7-6-11-9-4-2-1-3-8(7)9/h5-6,9-12,14,21H,7-8,13H2,1-4H3;4-5,8-11,13,20H,6-7,12H2,1-3H3,(H,24,25);7-8,10H,5-6,9H2,1-4H3;5-8,12H,1-4H3;5-9,13H,1-4H3;2-6,10,12H,1H3;1-6H. The van der Waals surface area contributed by atoms with Crippen molar-refractivity contribution in [2.75, 3.05) is 48.3 Å². The van der Waals surface area contributed by atoms with Crippen molar-refractivity contribution in [3.63, 3.8) is 0 Å². The maximum absolute atomic E-state index is 12.8. The molecule has 742 valence electrons. The minimum absolute atomic E-state index is 0.280. The first-order valence-electron chi connectivity index (χ1n) is 46.6. The molecule has 29 heteroatoms. The average molecular weight is 2090 g/mol. The molecule has 4 aliphatic heterocycles. The lowest BCUT2D eigenvalue weighted by Crippen LogP contribution is -2.41. The van der Waals surface area contributed by atoms with Gasteiger partial charge in [0.15, 0.2) is 36.8 Å². The van der Waals surface area contributed by atoms with E-state index in [-0.39, 0.29) is 36.2 Å². The van der Waals surface area contributed by atoms with Crippen LogP contribution < -0.4 is 19.7 Å². The Kier molecular flexibility index (Phi) is 35.8. The maximum Gasteiger partial charge on any atom is 0.494 e. The van der Waals surface area contributed by atoms with Crippen LogP contribution in [0, 0.1) is 0 Å². The molecular formula is C112H122BBrO21S6. The number of hydrogen-bond donors (Lipinski definition) is 2. The molecule has 0 spiro atoms. The second-order valence-corrected chi connectivity index (χ2v) is 46.1.